The van der Waals surface area contributed by atoms with Crippen LogP contribution in [-0.4, -0.2) is 48.7 Å². The lowest BCUT2D eigenvalue weighted by molar-refractivity contribution is -0.116. The number of amides is 1. The van der Waals surface area contributed by atoms with E-state index in [0.717, 1.165) is 39.6 Å². The molecule has 0 fully saturated rings. The summed E-state index contributed by atoms with van der Waals surface area (Å²) in [6, 6.07) is 14.6. The van der Waals surface area contributed by atoms with Crippen LogP contribution in [0.4, 0.5) is 5.13 Å². The minimum atomic E-state index is 0. The Labute approximate surface area is 194 Å². The molecular weight excluding hydrogens is 434 g/mol. The van der Waals surface area contributed by atoms with Crippen molar-refractivity contribution in [1.82, 2.24) is 9.88 Å². The van der Waals surface area contributed by atoms with Gasteiger partial charge in [-0.3, -0.25) is 9.69 Å². The maximum atomic E-state index is 13.1. The van der Waals surface area contributed by atoms with Gasteiger partial charge in [-0.25, -0.2) is 4.98 Å². The molecule has 1 heterocycles. The predicted molar refractivity (Wildman–Crippen MR) is 134 cm³/mol. The summed E-state index contributed by atoms with van der Waals surface area (Å²) in [7, 11) is 4.12. The quantitative estimate of drug-likeness (QED) is 0.383. The molecule has 3 rings (SSSR count). The number of aryl methyl sites for hydroxylation is 2. The highest BCUT2D eigenvalue weighted by Crippen LogP contribution is 2.32. The van der Waals surface area contributed by atoms with Crippen LogP contribution >= 0.6 is 35.5 Å². The number of benzene rings is 2. The highest BCUT2D eigenvalue weighted by molar-refractivity contribution is 8.00. The Bertz CT molecular complexity index is 957. The van der Waals surface area contributed by atoms with Gasteiger partial charge in [0.1, 0.15) is 0 Å². The molecule has 30 heavy (non-hydrogen) atoms. The Morgan fingerprint density at radius 1 is 1.10 bits per heavy atom. The molecule has 0 bridgehead atoms. The van der Waals surface area contributed by atoms with E-state index in [4.69, 9.17) is 4.98 Å². The molecule has 0 spiro atoms. The molecule has 0 N–H and O–H groups in total. The summed E-state index contributed by atoms with van der Waals surface area (Å²) in [6.07, 6.45) is 1.86. The first kappa shape index (κ1) is 24.7. The molecule has 1 aromatic heterocycles. The first-order valence-electron chi connectivity index (χ1n) is 10.0. The molecular formula is C23H30ClN3OS2. The molecule has 0 unspecified atom stereocenters. The van der Waals surface area contributed by atoms with Gasteiger partial charge in [-0.2, -0.15) is 0 Å². The fourth-order valence-corrected chi connectivity index (χ4v) is 4.96. The zero-order chi connectivity index (χ0) is 20.8. The van der Waals surface area contributed by atoms with Crippen molar-refractivity contribution in [2.45, 2.75) is 31.6 Å². The van der Waals surface area contributed by atoms with Crippen molar-refractivity contribution in [3.05, 3.63) is 53.6 Å². The van der Waals surface area contributed by atoms with Crippen LogP contribution in [-0.2, 0) is 11.2 Å². The molecule has 0 saturated carbocycles. The highest BCUT2D eigenvalue weighted by Gasteiger charge is 2.20. The van der Waals surface area contributed by atoms with Crippen LogP contribution in [0.3, 0.4) is 0 Å². The summed E-state index contributed by atoms with van der Waals surface area (Å²) >= 11 is 3.21. The van der Waals surface area contributed by atoms with Gasteiger partial charge in [0.25, 0.3) is 0 Å². The summed E-state index contributed by atoms with van der Waals surface area (Å²) in [5.41, 5.74) is 3.50. The molecule has 0 aliphatic carbocycles. The number of aromatic nitrogens is 1. The molecule has 4 nitrogen and oxygen atoms in total. The zero-order valence-corrected chi connectivity index (χ0v) is 20.5. The van der Waals surface area contributed by atoms with Crippen molar-refractivity contribution >= 4 is 56.8 Å². The number of rotatable bonds is 9. The smallest absolute Gasteiger partial charge is 0.239 e. The van der Waals surface area contributed by atoms with Crippen molar-refractivity contribution in [1.29, 1.82) is 0 Å². The molecule has 3 aromatic rings. The Morgan fingerprint density at radius 3 is 2.50 bits per heavy atom. The van der Waals surface area contributed by atoms with Crippen LogP contribution in [0.5, 0.6) is 0 Å². The lowest BCUT2D eigenvalue weighted by Gasteiger charge is -2.21. The van der Waals surface area contributed by atoms with Crippen LogP contribution in [0, 0.1) is 6.92 Å². The third-order valence-corrected chi connectivity index (χ3v) is 6.81. The van der Waals surface area contributed by atoms with Crippen LogP contribution < -0.4 is 4.90 Å². The summed E-state index contributed by atoms with van der Waals surface area (Å²) in [6.45, 7) is 5.85. The maximum Gasteiger partial charge on any atom is 0.239 e. The molecule has 0 atom stereocenters. The lowest BCUT2D eigenvalue weighted by atomic mass is 10.1. The predicted octanol–water partition coefficient (Wildman–Crippen LogP) is 5.67. The summed E-state index contributed by atoms with van der Waals surface area (Å²) < 4.78 is 1.15. The van der Waals surface area contributed by atoms with Gasteiger partial charge in [-0.05, 0) is 64.2 Å². The first-order valence-corrected chi connectivity index (χ1v) is 11.8. The Balaban J connectivity index is 0.00000320. The number of anilines is 1. The van der Waals surface area contributed by atoms with Gasteiger partial charge in [0.15, 0.2) is 5.13 Å². The standard InChI is InChI=1S/C23H29N3OS2.ClH/c1-5-18-8-6-9-20-22(18)24-23(29-20)26(15-7-14-25(3)4)21(27)16-28-19-12-10-17(2)11-13-19;/h6,8-13H,5,7,14-16H2,1-4H3;1H. The van der Waals surface area contributed by atoms with E-state index in [9.17, 15) is 4.79 Å². The van der Waals surface area contributed by atoms with Gasteiger partial charge < -0.3 is 4.90 Å². The number of thiazole rings is 1. The molecule has 0 saturated heterocycles. The number of fused-ring (bicyclic) bond motifs is 1. The van der Waals surface area contributed by atoms with E-state index in [1.807, 2.05) is 4.90 Å². The van der Waals surface area contributed by atoms with Crippen molar-refractivity contribution in [3.63, 3.8) is 0 Å². The monoisotopic (exact) mass is 463 g/mol. The summed E-state index contributed by atoms with van der Waals surface area (Å²) in [5, 5.41) is 0.814. The average Bonchev–Trinajstić information content (AvgIpc) is 3.14. The summed E-state index contributed by atoms with van der Waals surface area (Å²) in [4.78, 5) is 23.2. The van der Waals surface area contributed by atoms with E-state index in [-0.39, 0.29) is 18.3 Å². The van der Waals surface area contributed by atoms with E-state index in [2.05, 4.69) is 75.3 Å². The lowest BCUT2D eigenvalue weighted by Crippen LogP contribution is -2.34. The third-order valence-electron chi connectivity index (χ3n) is 4.77. The van der Waals surface area contributed by atoms with Gasteiger partial charge in [0.2, 0.25) is 5.91 Å². The molecule has 2 aromatic carbocycles. The van der Waals surface area contributed by atoms with E-state index in [0.29, 0.717) is 12.3 Å². The van der Waals surface area contributed by atoms with E-state index in [1.54, 1.807) is 23.1 Å². The zero-order valence-electron chi connectivity index (χ0n) is 18.1. The fourth-order valence-electron chi connectivity index (χ4n) is 3.12. The second-order valence-corrected chi connectivity index (χ2v) is 9.48. The van der Waals surface area contributed by atoms with Crippen LogP contribution in [0.25, 0.3) is 10.2 Å². The van der Waals surface area contributed by atoms with Crippen LogP contribution in [0.15, 0.2) is 47.4 Å². The van der Waals surface area contributed by atoms with Crippen molar-refractivity contribution in [3.8, 4) is 0 Å². The number of thioether (sulfide) groups is 1. The molecule has 7 heteroatoms. The number of carbonyl (C=O) groups excluding carboxylic acids is 1. The largest absolute Gasteiger partial charge is 0.309 e. The average molecular weight is 464 g/mol. The van der Waals surface area contributed by atoms with Crippen molar-refractivity contribution in [2.75, 3.05) is 37.8 Å². The fraction of sp³-hybridized carbons (Fsp3) is 0.391. The normalized spacial score (nSPS) is 11.0. The van der Waals surface area contributed by atoms with Crippen LogP contribution in [0.1, 0.15) is 24.5 Å². The van der Waals surface area contributed by atoms with Gasteiger partial charge in [0.05, 0.1) is 16.0 Å². The van der Waals surface area contributed by atoms with Crippen molar-refractivity contribution in [2.24, 2.45) is 0 Å². The number of halogens is 1. The number of hydrogen-bond acceptors (Lipinski definition) is 5. The molecule has 0 radical (unpaired) electrons. The van der Waals surface area contributed by atoms with Gasteiger partial charge in [0, 0.05) is 11.4 Å². The van der Waals surface area contributed by atoms with E-state index >= 15 is 0 Å². The van der Waals surface area contributed by atoms with Gasteiger partial charge in [-0.1, -0.05) is 48.1 Å². The third kappa shape index (κ3) is 6.45. The topological polar surface area (TPSA) is 36.4 Å². The summed E-state index contributed by atoms with van der Waals surface area (Å²) in [5.74, 6) is 0.535. The first-order chi connectivity index (χ1) is 14.0. The highest BCUT2D eigenvalue weighted by atomic mass is 35.5. The maximum absolute atomic E-state index is 13.1. The number of para-hydroxylation sites is 1. The molecule has 162 valence electrons. The minimum Gasteiger partial charge on any atom is -0.309 e. The van der Waals surface area contributed by atoms with E-state index < -0.39 is 0 Å². The van der Waals surface area contributed by atoms with Crippen molar-refractivity contribution < 1.29 is 4.79 Å². The SMILES string of the molecule is CCc1cccc2sc(N(CCCN(C)C)C(=O)CSc3ccc(C)cc3)nc12.Cl. The van der Waals surface area contributed by atoms with Gasteiger partial charge in [-0.15, -0.1) is 24.2 Å². The van der Waals surface area contributed by atoms with E-state index in [1.165, 1.54) is 11.1 Å². The number of hydrogen-bond donors (Lipinski definition) is 0. The molecule has 0 aliphatic heterocycles. The Kier molecular flexibility index (Phi) is 9.62. The Hall–Kier alpha value is -1.60. The minimum absolute atomic E-state index is 0. The second kappa shape index (κ2) is 11.7. The number of nitrogens with zero attached hydrogens (tertiary/aromatic N) is 3. The van der Waals surface area contributed by atoms with Gasteiger partial charge >= 0.3 is 0 Å². The Morgan fingerprint density at radius 2 is 1.83 bits per heavy atom. The molecule has 1 amide bonds. The number of carbonyl (C=O) groups is 1. The van der Waals surface area contributed by atoms with Crippen LogP contribution in [0.2, 0.25) is 0 Å². The molecule has 0 aliphatic rings. The second-order valence-electron chi connectivity index (χ2n) is 7.42.